The summed E-state index contributed by atoms with van der Waals surface area (Å²) < 4.78 is 0.178. The molecule has 0 saturated carbocycles. The van der Waals surface area contributed by atoms with E-state index in [2.05, 4.69) is 19.1 Å². The fourth-order valence-corrected chi connectivity index (χ4v) is 5.87. The third-order valence-electron chi connectivity index (χ3n) is 8.37. The van der Waals surface area contributed by atoms with E-state index in [1.807, 2.05) is 0 Å². The third-order valence-corrected chi connectivity index (χ3v) is 8.37. The van der Waals surface area contributed by atoms with Gasteiger partial charge in [-0.1, -0.05) is 103 Å². The Morgan fingerprint density at radius 2 is 0.927 bits per heavy atom. The Morgan fingerprint density at radius 1 is 0.585 bits per heavy atom. The first-order valence-electron chi connectivity index (χ1n) is 16.7. The van der Waals surface area contributed by atoms with Crippen LogP contribution in [0.4, 0.5) is 0 Å². The highest BCUT2D eigenvalue weighted by atomic mass is 16.4. The van der Waals surface area contributed by atoms with Crippen LogP contribution in [-0.4, -0.2) is 58.8 Å². The summed E-state index contributed by atoms with van der Waals surface area (Å²) in [4.78, 5) is 34.7. The third kappa shape index (κ3) is 21.5. The second-order valence-corrected chi connectivity index (χ2v) is 12.7. The molecule has 7 heteroatoms. The van der Waals surface area contributed by atoms with Crippen molar-refractivity contribution < 1.29 is 34.2 Å². The lowest BCUT2D eigenvalue weighted by molar-refractivity contribution is -0.934. The summed E-state index contributed by atoms with van der Waals surface area (Å²) in [5.74, 6) is -5.26. The minimum atomic E-state index is -1.19. The molecule has 0 aliphatic rings. The normalized spacial score (nSPS) is 15.4. The molecule has 0 aliphatic heterocycles. The molecule has 0 saturated heterocycles. The summed E-state index contributed by atoms with van der Waals surface area (Å²) >= 11 is 0. The first-order valence-corrected chi connectivity index (χ1v) is 16.7. The number of unbranched alkanes of at least 4 members (excludes halogenated alkanes) is 16. The van der Waals surface area contributed by atoms with Crippen molar-refractivity contribution in [3.63, 3.8) is 0 Å². The second-order valence-electron chi connectivity index (χ2n) is 12.7. The highest BCUT2D eigenvalue weighted by Crippen LogP contribution is 2.22. The Balaban J connectivity index is 4.29. The van der Waals surface area contributed by atoms with Crippen LogP contribution in [0, 0.1) is 17.8 Å². The standard InChI is InChI=1S/C34H63NO6/c1-5-6-7-8-9-10-11-12-13-14-15-16-17-18-19-20-21-22-23-24-25-35(26-29(2)32(36)37,27-30(3)33(38)39)28-31(4)34(40)41/h17-18,29-31H,5-16,19-28H2,1-4H3,(H2-,36,37,38,39,40,41)/b18-17+. The second kappa shape index (κ2) is 24.7. The Labute approximate surface area is 251 Å². The molecular weight excluding hydrogens is 518 g/mol. The van der Waals surface area contributed by atoms with Gasteiger partial charge in [-0.25, -0.2) is 0 Å². The van der Waals surface area contributed by atoms with Gasteiger partial charge in [-0.15, -0.1) is 0 Å². The zero-order valence-electron chi connectivity index (χ0n) is 26.9. The molecule has 0 radical (unpaired) electrons. The van der Waals surface area contributed by atoms with Crippen LogP contribution in [-0.2, 0) is 14.4 Å². The van der Waals surface area contributed by atoms with Crippen molar-refractivity contribution in [1.29, 1.82) is 0 Å². The number of nitrogens with zero attached hydrogens (tertiary/aromatic N) is 1. The fourth-order valence-electron chi connectivity index (χ4n) is 5.87. The molecule has 3 atom stereocenters. The number of hydrogen-bond acceptors (Lipinski definition) is 4. The van der Waals surface area contributed by atoms with Crippen LogP contribution in [0.25, 0.3) is 0 Å². The lowest BCUT2D eigenvalue weighted by atomic mass is 10.0. The Hall–Kier alpha value is -1.89. The maximum atomic E-state index is 11.6. The number of aliphatic carboxylic acids is 3. The molecule has 240 valence electrons. The van der Waals surface area contributed by atoms with Crippen molar-refractivity contribution in [3.8, 4) is 0 Å². The zero-order chi connectivity index (χ0) is 30.9. The molecule has 0 fully saturated rings. The van der Waals surface area contributed by atoms with E-state index in [9.17, 15) is 29.7 Å². The van der Waals surface area contributed by atoms with Crippen LogP contribution in [0.2, 0.25) is 0 Å². The van der Waals surface area contributed by atoms with Crippen LogP contribution >= 0.6 is 0 Å². The van der Waals surface area contributed by atoms with Gasteiger partial charge in [0, 0.05) is 11.9 Å². The Bertz CT molecular complexity index is 667. The van der Waals surface area contributed by atoms with Crippen molar-refractivity contribution in [2.45, 2.75) is 143 Å². The number of carboxylic acids is 3. The van der Waals surface area contributed by atoms with Crippen LogP contribution < -0.4 is 5.11 Å². The predicted molar refractivity (Wildman–Crippen MR) is 165 cm³/mol. The number of allylic oxidation sites excluding steroid dienone is 2. The lowest BCUT2D eigenvalue weighted by Crippen LogP contribution is -2.58. The van der Waals surface area contributed by atoms with Gasteiger partial charge < -0.3 is 24.6 Å². The minimum absolute atomic E-state index is 0.178. The van der Waals surface area contributed by atoms with E-state index in [-0.39, 0.29) is 24.1 Å². The van der Waals surface area contributed by atoms with Crippen LogP contribution in [0.3, 0.4) is 0 Å². The number of carboxylic acid groups (broad SMARTS) is 3. The van der Waals surface area contributed by atoms with Crippen molar-refractivity contribution in [1.82, 2.24) is 0 Å². The molecule has 7 nitrogen and oxygen atoms in total. The van der Waals surface area contributed by atoms with E-state index in [1.165, 1.54) is 77.0 Å². The highest BCUT2D eigenvalue weighted by Gasteiger charge is 2.36. The largest absolute Gasteiger partial charge is 0.550 e. The zero-order valence-corrected chi connectivity index (χ0v) is 26.9. The van der Waals surface area contributed by atoms with E-state index in [4.69, 9.17) is 0 Å². The smallest absolute Gasteiger partial charge is 0.311 e. The summed E-state index contributed by atoms with van der Waals surface area (Å²) in [5, 5.41) is 30.5. The van der Waals surface area contributed by atoms with Crippen molar-refractivity contribution in [2.75, 3.05) is 26.2 Å². The summed E-state index contributed by atoms with van der Waals surface area (Å²) in [6, 6.07) is 0. The minimum Gasteiger partial charge on any atom is -0.550 e. The summed E-state index contributed by atoms with van der Waals surface area (Å²) in [7, 11) is 0. The van der Waals surface area contributed by atoms with Gasteiger partial charge in [0.05, 0.1) is 26.2 Å². The van der Waals surface area contributed by atoms with Crippen LogP contribution in [0.5, 0.6) is 0 Å². The van der Waals surface area contributed by atoms with Gasteiger partial charge in [0.1, 0.15) is 11.8 Å². The van der Waals surface area contributed by atoms with Gasteiger partial charge in [-0.05, 0) is 52.4 Å². The topological polar surface area (TPSA) is 115 Å². The molecule has 0 spiro atoms. The lowest BCUT2D eigenvalue weighted by Gasteiger charge is -2.43. The first kappa shape index (κ1) is 39.1. The number of carbonyl (C=O) groups excluding carboxylic acids is 1. The summed E-state index contributed by atoms with van der Waals surface area (Å²) in [6.07, 6.45) is 27.1. The molecular formula is C34H63NO6. The Kier molecular flexibility index (Phi) is 23.5. The van der Waals surface area contributed by atoms with Crippen molar-refractivity contribution in [3.05, 3.63) is 12.2 Å². The molecule has 2 N–H and O–H groups in total. The molecule has 0 amide bonds. The molecule has 41 heavy (non-hydrogen) atoms. The average molecular weight is 582 g/mol. The van der Waals surface area contributed by atoms with E-state index >= 15 is 0 Å². The molecule has 0 aliphatic carbocycles. The summed E-state index contributed by atoms with van der Waals surface area (Å²) in [5.41, 5.74) is 0. The quantitative estimate of drug-likeness (QED) is 0.0547. The van der Waals surface area contributed by atoms with Crippen molar-refractivity contribution >= 4 is 17.9 Å². The number of rotatable bonds is 29. The molecule has 3 unspecified atom stereocenters. The average Bonchev–Trinajstić information content (AvgIpc) is 2.91. The molecule has 0 bridgehead atoms. The van der Waals surface area contributed by atoms with Gasteiger partial charge in [0.15, 0.2) is 0 Å². The highest BCUT2D eigenvalue weighted by molar-refractivity contribution is 5.70. The van der Waals surface area contributed by atoms with Gasteiger partial charge >= 0.3 is 11.9 Å². The van der Waals surface area contributed by atoms with Crippen LogP contribution in [0.1, 0.15) is 143 Å². The van der Waals surface area contributed by atoms with Gasteiger partial charge in [0.2, 0.25) is 0 Å². The number of quaternary nitrogens is 1. The van der Waals surface area contributed by atoms with E-state index in [1.54, 1.807) is 20.8 Å². The summed E-state index contributed by atoms with van der Waals surface area (Å²) in [6.45, 7) is 8.23. The molecule has 0 aromatic rings. The first-order chi connectivity index (χ1) is 19.5. The van der Waals surface area contributed by atoms with Crippen molar-refractivity contribution in [2.24, 2.45) is 17.8 Å². The van der Waals surface area contributed by atoms with E-state index in [0.29, 0.717) is 6.54 Å². The molecule has 0 heterocycles. The van der Waals surface area contributed by atoms with Gasteiger partial charge in [-0.2, -0.15) is 0 Å². The maximum absolute atomic E-state index is 11.6. The predicted octanol–water partition coefficient (Wildman–Crippen LogP) is 7.23. The Morgan fingerprint density at radius 3 is 1.29 bits per heavy atom. The maximum Gasteiger partial charge on any atom is 0.311 e. The van der Waals surface area contributed by atoms with E-state index < -0.39 is 35.7 Å². The molecule has 0 aromatic carbocycles. The molecule has 0 rings (SSSR count). The van der Waals surface area contributed by atoms with Crippen LogP contribution in [0.15, 0.2) is 12.2 Å². The van der Waals surface area contributed by atoms with Gasteiger partial charge in [0.25, 0.3) is 0 Å². The van der Waals surface area contributed by atoms with Gasteiger partial charge in [-0.3, -0.25) is 9.59 Å². The monoisotopic (exact) mass is 581 g/mol. The van der Waals surface area contributed by atoms with E-state index in [0.717, 1.165) is 38.5 Å². The fraction of sp³-hybridized carbons (Fsp3) is 0.853. The molecule has 0 aromatic heterocycles. The SMILES string of the molecule is CCCCCCCCCCCCC/C=C/CCCCCCC[N+](CC(C)C(=O)[O-])(CC(C)C(=O)O)CC(C)C(=O)O. The number of hydrogen-bond donors (Lipinski definition) is 2. The number of carbonyl (C=O) groups is 3.